The molecule has 0 radical (unpaired) electrons. The van der Waals surface area contributed by atoms with E-state index in [1.807, 2.05) is 31.2 Å². The smallest absolute Gasteiger partial charge is 0.337 e. The van der Waals surface area contributed by atoms with Crippen LogP contribution in [0.4, 0.5) is 11.5 Å². The number of aromatic nitrogens is 1. The summed E-state index contributed by atoms with van der Waals surface area (Å²) in [5.74, 6) is -0.140. The highest BCUT2D eigenvalue weighted by molar-refractivity contribution is 7.81. The molecule has 1 heterocycles. The third kappa shape index (κ3) is 4.27. The summed E-state index contributed by atoms with van der Waals surface area (Å²) in [7, 11) is 2.62. The van der Waals surface area contributed by atoms with Gasteiger partial charge in [-0.3, -0.25) is 4.21 Å². The van der Waals surface area contributed by atoms with Crippen LogP contribution in [0.15, 0.2) is 59.7 Å². The molecule has 1 unspecified atom stereocenters. The topological polar surface area (TPSA) is 105 Å². The monoisotopic (exact) mass is 427 g/mol. The number of carbonyl (C=O) groups is 1. The predicted octanol–water partition coefficient (Wildman–Crippen LogP) is 4.10. The molecule has 2 aromatic carbocycles. The van der Waals surface area contributed by atoms with Crippen molar-refractivity contribution in [1.29, 1.82) is 0 Å². The van der Waals surface area contributed by atoms with Crippen molar-refractivity contribution in [2.24, 2.45) is 0 Å². The normalized spacial score (nSPS) is 11.6. The van der Waals surface area contributed by atoms with Crippen LogP contribution in [0.2, 0.25) is 0 Å². The van der Waals surface area contributed by atoms with Gasteiger partial charge in [0.15, 0.2) is 5.82 Å². The number of ether oxygens (including phenoxy) is 2. The molecule has 3 rings (SSSR count). The molecule has 0 saturated heterocycles. The van der Waals surface area contributed by atoms with Crippen molar-refractivity contribution < 1.29 is 27.4 Å². The number of benzene rings is 2. The molecule has 0 aliphatic heterocycles. The summed E-state index contributed by atoms with van der Waals surface area (Å²) in [6.07, 6.45) is 1.23. The quantitative estimate of drug-likeness (QED) is 0.413. The van der Waals surface area contributed by atoms with E-state index < -0.39 is 17.2 Å². The van der Waals surface area contributed by atoms with Gasteiger partial charge in [0.2, 0.25) is 5.89 Å². The van der Waals surface area contributed by atoms with E-state index in [-0.39, 0.29) is 28.7 Å². The minimum atomic E-state index is -2.74. The molecule has 0 bridgehead atoms. The van der Waals surface area contributed by atoms with Gasteiger partial charge in [-0.2, -0.15) is 4.98 Å². The van der Waals surface area contributed by atoms with E-state index in [0.29, 0.717) is 5.56 Å². The van der Waals surface area contributed by atoms with Crippen molar-refractivity contribution in [3.63, 3.8) is 0 Å². The highest BCUT2D eigenvalue weighted by atomic mass is 32.2. The van der Waals surface area contributed by atoms with Gasteiger partial charge in [0.1, 0.15) is 12.0 Å². The van der Waals surface area contributed by atoms with E-state index in [1.54, 1.807) is 0 Å². The van der Waals surface area contributed by atoms with Crippen LogP contribution < -0.4 is 9.04 Å². The Bertz CT molecular complexity index is 1110. The number of carbonyl (C=O) groups excluding carboxylic acids is 1. The predicted molar refractivity (Wildman–Crippen MR) is 112 cm³/mol. The molecule has 156 valence electrons. The zero-order valence-electron chi connectivity index (χ0n) is 16.6. The lowest BCUT2D eigenvalue weighted by molar-refractivity contribution is 0.0600. The van der Waals surface area contributed by atoms with Crippen LogP contribution in [0.3, 0.4) is 0 Å². The van der Waals surface area contributed by atoms with Crippen LogP contribution in [0, 0.1) is 0 Å². The van der Waals surface area contributed by atoms with Gasteiger partial charge in [-0.05, 0) is 42.8 Å². The van der Waals surface area contributed by atoms with E-state index in [1.165, 1.54) is 38.7 Å². The second-order valence-corrected chi connectivity index (χ2v) is 7.06. The highest BCUT2D eigenvalue weighted by Crippen LogP contribution is 2.36. The first-order valence-corrected chi connectivity index (χ1v) is 9.76. The Balaban J connectivity index is 1.99. The number of rotatable bonds is 7. The Kier molecular flexibility index (Phi) is 6.34. The molecule has 0 saturated carbocycles. The molecule has 30 heavy (non-hydrogen) atoms. The summed E-state index contributed by atoms with van der Waals surface area (Å²) < 4.78 is 40.3. The van der Waals surface area contributed by atoms with Gasteiger partial charge in [0.05, 0.1) is 36.7 Å². The third-order valence-corrected chi connectivity index (χ3v) is 4.98. The summed E-state index contributed by atoms with van der Waals surface area (Å²) >= 11 is -2.74. The fourth-order valence-electron chi connectivity index (χ4n) is 2.76. The summed E-state index contributed by atoms with van der Waals surface area (Å²) in [5.41, 5.74) is 2.95. The van der Waals surface area contributed by atoms with Gasteiger partial charge in [0, 0.05) is 5.56 Å². The number of oxazole rings is 1. The Morgan fingerprint density at radius 1 is 1.17 bits per heavy atom. The molecule has 9 heteroatoms. The van der Waals surface area contributed by atoms with Crippen molar-refractivity contribution in [2.75, 3.05) is 18.5 Å². The fraction of sp³-hybridized carbons (Fsp3) is 0.143. The lowest BCUT2D eigenvalue weighted by atomic mass is 10.1. The molecule has 0 amide bonds. The molecule has 0 aliphatic rings. The van der Waals surface area contributed by atoms with Crippen LogP contribution in [0.5, 0.6) is 5.75 Å². The number of nitrogens with zero attached hydrogens (tertiary/aromatic N) is 2. The maximum atomic E-state index is 12.0. The molecular formula is C21H19N2O6S-. The number of esters is 1. The number of hydrogen-bond donors (Lipinski definition) is 0. The molecule has 1 aromatic heterocycles. The van der Waals surface area contributed by atoms with Gasteiger partial charge < -0.3 is 18.4 Å². The molecule has 0 N–H and O–H groups in total. The van der Waals surface area contributed by atoms with Gasteiger partial charge in [0.25, 0.3) is 0 Å². The van der Waals surface area contributed by atoms with Crippen molar-refractivity contribution in [2.45, 2.75) is 6.92 Å². The second-order valence-electron chi connectivity index (χ2n) is 6.26. The molecular weight excluding hydrogens is 408 g/mol. The minimum absolute atomic E-state index is 0.0337. The average molecular weight is 427 g/mol. The largest absolute Gasteiger partial charge is 0.755 e. The van der Waals surface area contributed by atoms with Gasteiger partial charge in [-0.1, -0.05) is 24.3 Å². The fourth-order valence-corrected chi connectivity index (χ4v) is 3.31. The Morgan fingerprint density at radius 2 is 1.83 bits per heavy atom. The number of hydrogen-bond acceptors (Lipinski definition) is 7. The van der Waals surface area contributed by atoms with E-state index in [2.05, 4.69) is 16.3 Å². The average Bonchev–Trinajstić information content (AvgIpc) is 3.22. The summed E-state index contributed by atoms with van der Waals surface area (Å²) in [6, 6.07) is 11.6. The van der Waals surface area contributed by atoms with Crippen molar-refractivity contribution in [3.05, 3.63) is 66.4 Å². The zero-order chi connectivity index (χ0) is 21.8. The Morgan fingerprint density at radius 3 is 2.40 bits per heavy atom. The maximum absolute atomic E-state index is 12.0. The zero-order valence-corrected chi connectivity index (χ0v) is 17.4. The summed E-state index contributed by atoms with van der Waals surface area (Å²) in [4.78, 5) is 16.0. The van der Waals surface area contributed by atoms with Gasteiger partial charge in [-0.15, -0.1) is 0 Å². The molecule has 0 fully saturated rings. The Hall–Kier alpha value is -3.43. The lowest BCUT2D eigenvalue weighted by Crippen LogP contribution is -2.20. The highest BCUT2D eigenvalue weighted by Gasteiger charge is 2.21. The van der Waals surface area contributed by atoms with E-state index in [4.69, 9.17) is 9.15 Å². The Labute approximate surface area is 176 Å². The standard InChI is InChI=1S/C21H20N2O6S/c1-13(2)14-5-7-15(8-6-14)20-22-19(12-29-20)23(30(25)26)17-10-9-16(21(24)28-4)11-18(17)27-3/h5-12H,1H2,2-4H3,(H,25,26)/p-1. The maximum Gasteiger partial charge on any atom is 0.337 e. The van der Waals surface area contributed by atoms with Crippen LogP contribution in [0.25, 0.3) is 17.0 Å². The van der Waals surface area contributed by atoms with Crippen molar-refractivity contribution >= 4 is 34.3 Å². The van der Waals surface area contributed by atoms with Gasteiger partial charge in [-0.25, -0.2) is 9.10 Å². The van der Waals surface area contributed by atoms with E-state index >= 15 is 0 Å². The van der Waals surface area contributed by atoms with Crippen LogP contribution in [-0.4, -0.2) is 33.9 Å². The van der Waals surface area contributed by atoms with Gasteiger partial charge >= 0.3 is 5.97 Å². The van der Waals surface area contributed by atoms with E-state index in [0.717, 1.165) is 15.4 Å². The number of allylic oxidation sites excluding steroid dienone is 1. The molecule has 8 nitrogen and oxygen atoms in total. The minimum Gasteiger partial charge on any atom is -0.755 e. The van der Waals surface area contributed by atoms with E-state index in [9.17, 15) is 13.6 Å². The SMILES string of the molecule is C=C(C)c1ccc(-c2nc(N(c3ccc(C(=O)OC)cc3OC)S(=O)[O-])co2)cc1. The number of anilines is 2. The molecule has 0 spiro atoms. The number of methoxy groups -OCH3 is 2. The molecule has 3 aromatic rings. The first-order chi connectivity index (χ1) is 14.3. The second kappa shape index (κ2) is 8.93. The first kappa shape index (κ1) is 21.3. The first-order valence-electron chi connectivity index (χ1n) is 8.73. The summed E-state index contributed by atoms with van der Waals surface area (Å²) in [6.45, 7) is 5.79. The lowest BCUT2D eigenvalue weighted by Gasteiger charge is -2.25. The third-order valence-electron chi connectivity index (χ3n) is 4.29. The van der Waals surface area contributed by atoms with Crippen LogP contribution in [0.1, 0.15) is 22.8 Å². The van der Waals surface area contributed by atoms with Crippen molar-refractivity contribution in [1.82, 2.24) is 4.98 Å². The van der Waals surface area contributed by atoms with Crippen LogP contribution in [-0.2, 0) is 16.0 Å². The molecule has 0 aliphatic carbocycles. The molecule has 1 atom stereocenters. The summed E-state index contributed by atoms with van der Waals surface area (Å²) in [5, 5.41) is 0. The van der Waals surface area contributed by atoms with Crippen LogP contribution >= 0.6 is 0 Å². The van der Waals surface area contributed by atoms with Crippen molar-refractivity contribution in [3.8, 4) is 17.2 Å².